The van der Waals surface area contributed by atoms with Gasteiger partial charge in [0, 0.05) is 11.1 Å². The van der Waals surface area contributed by atoms with Gasteiger partial charge >= 0.3 is 11.9 Å². The van der Waals surface area contributed by atoms with Gasteiger partial charge in [0.15, 0.2) is 0 Å². The Labute approximate surface area is 273 Å². The Balaban J connectivity index is 1.49. The lowest BCUT2D eigenvalue weighted by molar-refractivity contribution is 0.0464. The zero-order valence-electron chi connectivity index (χ0n) is 26.6. The SMILES string of the molecule is CC(C)[C@H](C)c1cc(C(=O)OCc2ccccc2)cc2c(-c3c(O)ccc4ccc(C(=O)OCc5ccccc5)cc34)c(O)ccc12. The number of phenolic OH excluding ortho intramolecular Hbond substituents is 2. The first-order chi connectivity index (χ1) is 22.7. The van der Waals surface area contributed by atoms with Gasteiger partial charge in [-0.05, 0) is 86.5 Å². The topological polar surface area (TPSA) is 93.1 Å². The van der Waals surface area contributed by atoms with Crippen LogP contribution in [0.4, 0.5) is 0 Å². The molecule has 236 valence electrons. The third-order valence-corrected chi connectivity index (χ3v) is 8.78. The second-order valence-corrected chi connectivity index (χ2v) is 12.2. The van der Waals surface area contributed by atoms with Crippen molar-refractivity contribution in [1.82, 2.24) is 0 Å². The van der Waals surface area contributed by atoms with Crippen molar-refractivity contribution in [2.75, 3.05) is 0 Å². The first-order valence-corrected chi connectivity index (χ1v) is 15.7. The number of hydrogen-bond acceptors (Lipinski definition) is 6. The van der Waals surface area contributed by atoms with Crippen molar-refractivity contribution >= 4 is 33.5 Å². The van der Waals surface area contributed by atoms with Crippen molar-refractivity contribution in [2.45, 2.75) is 39.9 Å². The Morgan fingerprint density at radius 1 is 0.574 bits per heavy atom. The van der Waals surface area contributed by atoms with Gasteiger partial charge in [-0.2, -0.15) is 0 Å². The summed E-state index contributed by atoms with van der Waals surface area (Å²) in [7, 11) is 0. The second-order valence-electron chi connectivity index (χ2n) is 12.2. The van der Waals surface area contributed by atoms with Crippen LogP contribution in [-0.4, -0.2) is 22.2 Å². The molecule has 0 bridgehead atoms. The number of hydrogen-bond donors (Lipinski definition) is 2. The van der Waals surface area contributed by atoms with Gasteiger partial charge < -0.3 is 19.7 Å². The molecule has 0 heterocycles. The van der Waals surface area contributed by atoms with Crippen molar-refractivity contribution in [3.05, 3.63) is 143 Å². The van der Waals surface area contributed by atoms with Crippen molar-refractivity contribution in [2.24, 2.45) is 5.92 Å². The monoisotopic (exact) mass is 624 g/mol. The molecule has 6 rings (SSSR count). The lowest BCUT2D eigenvalue weighted by atomic mass is 9.83. The maximum absolute atomic E-state index is 13.5. The number of carbonyl (C=O) groups excluding carboxylic acids is 2. The first kappa shape index (κ1) is 31.4. The largest absolute Gasteiger partial charge is 0.507 e. The average Bonchev–Trinajstić information content (AvgIpc) is 3.09. The number of aromatic hydroxyl groups is 2. The molecule has 6 nitrogen and oxygen atoms in total. The van der Waals surface area contributed by atoms with E-state index in [0.29, 0.717) is 33.0 Å². The van der Waals surface area contributed by atoms with Crippen LogP contribution in [0.15, 0.2) is 115 Å². The number of ether oxygens (including phenoxy) is 2. The Bertz CT molecular complexity index is 2080. The normalized spacial score (nSPS) is 11.9. The Morgan fingerprint density at radius 2 is 1.09 bits per heavy atom. The Kier molecular flexibility index (Phi) is 8.94. The molecule has 2 N–H and O–H groups in total. The van der Waals surface area contributed by atoms with Crippen molar-refractivity contribution in [1.29, 1.82) is 0 Å². The fourth-order valence-corrected chi connectivity index (χ4v) is 5.88. The van der Waals surface area contributed by atoms with Gasteiger partial charge in [-0.15, -0.1) is 0 Å². The summed E-state index contributed by atoms with van der Waals surface area (Å²) < 4.78 is 11.3. The zero-order valence-corrected chi connectivity index (χ0v) is 26.6. The third-order valence-electron chi connectivity index (χ3n) is 8.78. The minimum atomic E-state index is -0.510. The summed E-state index contributed by atoms with van der Waals surface area (Å²) >= 11 is 0. The number of fused-ring (bicyclic) bond motifs is 2. The Morgan fingerprint density at radius 3 is 1.68 bits per heavy atom. The third kappa shape index (κ3) is 6.54. The highest BCUT2D eigenvalue weighted by Gasteiger charge is 2.24. The molecule has 0 amide bonds. The van der Waals surface area contributed by atoms with Crippen LogP contribution in [-0.2, 0) is 22.7 Å². The smallest absolute Gasteiger partial charge is 0.338 e. The van der Waals surface area contributed by atoms with E-state index in [1.54, 1.807) is 42.5 Å². The quantitative estimate of drug-likeness (QED) is 0.156. The standard InChI is InChI=1S/C41H36O6/c1-25(2)26(3)33-21-31(41(45)47-24-28-12-8-5-9-13-28)22-35-32(33)17-19-37(43)39(35)38-34-20-30(15-14-29(34)16-18-36(38)42)40(44)46-23-27-10-6-4-7-11-27/h4-22,25-26,42-43H,23-24H2,1-3H3/t26-/m0/s1. The summed E-state index contributed by atoms with van der Waals surface area (Å²) in [5, 5.41) is 25.5. The van der Waals surface area contributed by atoms with Crippen LogP contribution in [0.3, 0.4) is 0 Å². The highest BCUT2D eigenvalue weighted by molar-refractivity contribution is 6.12. The van der Waals surface area contributed by atoms with Crippen LogP contribution in [0.2, 0.25) is 0 Å². The molecule has 0 aliphatic heterocycles. The molecule has 0 aliphatic rings. The molecule has 0 radical (unpaired) electrons. The molecular weight excluding hydrogens is 588 g/mol. The molecule has 0 unspecified atom stereocenters. The van der Waals surface area contributed by atoms with Gasteiger partial charge in [-0.1, -0.05) is 99.6 Å². The zero-order chi connectivity index (χ0) is 33.1. The molecule has 1 atom stereocenters. The van der Waals surface area contributed by atoms with Crippen LogP contribution >= 0.6 is 0 Å². The van der Waals surface area contributed by atoms with Crippen LogP contribution < -0.4 is 0 Å². The van der Waals surface area contributed by atoms with Crippen LogP contribution in [0.1, 0.15) is 64.1 Å². The van der Waals surface area contributed by atoms with Crippen LogP contribution in [0.5, 0.6) is 11.5 Å². The summed E-state index contributed by atoms with van der Waals surface area (Å²) in [6.07, 6.45) is 0. The van der Waals surface area contributed by atoms with E-state index in [4.69, 9.17) is 9.47 Å². The van der Waals surface area contributed by atoms with Crippen molar-refractivity contribution < 1.29 is 29.3 Å². The molecule has 6 aromatic rings. The van der Waals surface area contributed by atoms with E-state index in [9.17, 15) is 19.8 Å². The number of esters is 2. The Hall–Kier alpha value is -5.62. The number of phenols is 2. The van der Waals surface area contributed by atoms with E-state index in [1.807, 2.05) is 72.8 Å². The highest BCUT2D eigenvalue weighted by atomic mass is 16.5. The van der Waals surface area contributed by atoms with Crippen molar-refractivity contribution in [3.63, 3.8) is 0 Å². The van der Waals surface area contributed by atoms with E-state index < -0.39 is 11.9 Å². The molecule has 0 saturated carbocycles. The molecule has 47 heavy (non-hydrogen) atoms. The van der Waals surface area contributed by atoms with Gasteiger partial charge in [0.05, 0.1) is 11.1 Å². The predicted octanol–water partition coefficient (Wildman–Crippen LogP) is 9.54. The van der Waals surface area contributed by atoms with E-state index in [2.05, 4.69) is 20.8 Å². The fraction of sp³-hybridized carbons (Fsp3) is 0.171. The van der Waals surface area contributed by atoms with Crippen molar-refractivity contribution in [3.8, 4) is 22.6 Å². The van der Waals surface area contributed by atoms with Gasteiger partial charge in [0.25, 0.3) is 0 Å². The van der Waals surface area contributed by atoms with E-state index in [1.165, 1.54) is 0 Å². The number of rotatable bonds is 9. The summed E-state index contributed by atoms with van der Waals surface area (Å²) in [6.45, 7) is 6.58. The second kappa shape index (κ2) is 13.4. The molecule has 0 aliphatic carbocycles. The van der Waals surface area contributed by atoms with Crippen LogP contribution in [0.25, 0.3) is 32.7 Å². The average molecular weight is 625 g/mol. The first-order valence-electron chi connectivity index (χ1n) is 15.7. The summed E-state index contributed by atoms with van der Waals surface area (Å²) in [4.78, 5) is 26.7. The lowest BCUT2D eigenvalue weighted by Crippen LogP contribution is -2.09. The predicted molar refractivity (Wildman–Crippen MR) is 185 cm³/mol. The maximum atomic E-state index is 13.5. The minimum Gasteiger partial charge on any atom is -0.507 e. The molecule has 0 aromatic heterocycles. The minimum absolute atomic E-state index is 0.0591. The van der Waals surface area contributed by atoms with Gasteiger partial charge in [0.2, 0.25) is 0 Å². The van der Waals surface area contributed by atoms with Gasteiger partial charge in [0.1, 0.15) is 24.7 Å². The highest BCUT2D eigenvalue weighted by Crippen LogP contribution is 2.46. The molecule has 6 heteroatoms. The fourth-order valence-electron chi connectivity index (χ4n) is 5.88. The molecule has 0 spiro atoms. The van der Waals surface area contributed by atoms with Gasteiger partial charge in [-0.25, -0.2) is 9.59 Å². The maximum Gasteiger partial charge on any atom is 0.338 e. The van der Waals surface area contributed by atoms with E-state index >= 15 is 0 Å². The van der Waals surface area contributed by atoms with Gasteiger partial charge in [-0.3, -0.25) is 0 Å². The summed E-state index contributed by atoms with van der Waals surface area (Å²) in [6, 6.07) is 34.4. The molecule has 0 saturated heterocycles. The van der Waals surface area contributed by atoms with E-state index in [-0.39, 0.29) is 36.5 Å². The molecule has 0 fully saturated rings. The lowest BCUT2D eigenvalue weighted by Gasteiger charge is -2.22. The molecular formula is C41H36O6. The number of carbonyl (C=O) groups is 2. The summed E-state index contributed by atoms with van der Waals surface area (Å²) in [5.41, 5.74) is 4.01. The summed E-state index contributed by atoms with van der Waals surface area (Å²) in [5.74, 6) is -0.845. The van der Waals surface area contributed by atoms with E-state index in [0.717, 1.165) is 27.5 Å². The molecule has 6 aromatic carbocycles. The number of benzene rings is 6. The van der Waals surface area contributed by atoms with Crippen LogP contribution in [0, 0.1) is 5.92 Å².